The molecule has 0 atom stereocenters. The number of piperidine rings is 2. The second-order valence-corrected chi connectivity index (χ2v) is 8.23. The first kappa shape index (κ1) is 20.6. The predicted octanol–water partition coefficient (Wildman–Crippen LogP) is 2.29. The quantitative estimate of drug-likeness (QED) is 0.651. The van der Waals surface area contributed by atoms with Gasteiger partial charge in [-0.2, -0.15) is 5.26 Å². The number of anilines is 2. The zero-order valence-corrected chi connectivity index (χ0v) is 17.3. The van der Waals surface area contributed by atoms with Crippen molar-refractivity contribution in [1.29, 1.82) is 5.26 Å². The summed E-state index contributed by atoms with van der Waals surface area (Å²) in [5.41, 5.74) is 2.61. The van der Waals surface area contributed by atoms with Gasteiger partial charge in [-0.1, -0.05) is 13.0 Å². The Morgan fingerprint density at radius 3 is 2.58 bits per heavy atom. The van der Waals surface area contributed by atoms with E-state index in [2.05, 4.69) is 32.4 Å². The third-order valence-corrected chi connectivity index (χ3v) is 5.92. The molecule has 3 N–H and O–H groups in total. The highest BCUT2D eigenvalue weighted by molar-refractivity contribution is 6.04. The maximum atomic E-state index is 12.7. The first-order valence-corrected chi connectivity index (χ1v) is 10.4. The molecule has 9 heteroatoms. The van der Waals surface area contributed by atoms with Crippen LogP contribution in [-0.2, 0) is 9.59 Å². The predicted molar refractivity (Wildman–Crippen MR) is 113 cm³/mol. The third kappa shape index (κ3) is 4.58. The number of rotatable bonds is 4. The molecule has 2 saturated heterocycles. The number of amides is 3. The summed E-state index contributed by atoms with van der Waals surface area (Å²) in [5.74, 6) is -0.445. The molecule has 0 unspecified atom stereocenters. The molecule has 9 nitrogen and oxygen atoms in total. The number of H-pyrrole nitrogens is 1. The van der Waals surface area contributed by atoms with Crippen molar-refractivity contribution < 1.29 is 14.4 Å². The molecule has 2 aliphatic rings. The number of nitrogens with zero attached hydrogens (tertiary/aromatic N) is 3. The summed E-state index contributed by atoms with van der Waals surface area (Å²) in [6, 6.07) is 7.56. The van der Waals surface area contributed by atoms with Crippen molar-refractivity contribution >= 4 is 29.1 Å². The van der Waals surface area contributed by atoms with E-state index in [1.807, 2.05) is 24.3 Å². The molecule has 2 fully saturated rings. The monoisotopic (exact) mass is 420 g/mol. The lowest BCUT2D eigenvalue weighted by molar-refractivity contribution is -0.133. The Morgan fingerprint density at radius 1 is 1.23 bits per heavy atom. The van der Waals surface area contributed by atoms with E-state index in [-0.39, 0.29) is 42.1 Å². The molecule has 4 rings (SSSR count). The lowest BCUT2D eigenvalue weighted by Gasteiger charge is -2.34. The SMILES string of the molecule is CC1CCN(c2cc(C3CC(=O)NC(=O)C3)ccc2NC(=O)c2ncc(C#N)[nH]2)CC1. The smallest absolute Gasteiger partial charge is 0.291 e. The summed E-state index contributed by atoms with van der Waals surface area (Å²) in [6.07, 6.45) is 3.93. The molecule has 1 aromatic carbocycles. The van der Waals surface area contributed by atoms with Crippen molar-refractivity contribution in [3.8, 4) is 6.07 Å². The summed E-state index contributed by atoms with van der Waals surface area (Å²) in [4.78, 5) is 45.2. The van der Waals surface area contributed by atoms with E-state index in [9.17, 15) is 14.4 Å². The lowest BCUT2D eigenvalue weighted by atomic mass is 9.88. The first-order chi connectivity index (χ1) is 14.9. The zero-order valence-electron chi connectivity index (χ0n) is 17.3. The van der Waals surface area contributed by atoms with Crippen molar-refractivity contribution in [2.24, 2.45) is 5.92 Å². The number of hydrogen-bond donors (Lipinski definition) is 3. The van der Waals surface area contributed by atoms with E-state index < -0.39 is 5.91 Å². The van der Waals surface area contributed by atoms with E-state index >= 15 is 0 Å². The number of nitrogens with one attached hydrogen (secondary N) is 3. The van der Waals surface area contributed by atoms with Crippen molar-refractivity contribution in [2.45, 2.75) is 38.5 Å². The van der Waals surface area contributed by atoms with Gasteiger partial charge < -0.3 is 15.2 Å². The minimum Gasteiger partial charge on any atom is -0.370 e. The second-order valence-electron chi connectivity index (χ2n) is 8.23. The van der Waals surface area contributed by atoms with Crippen LogP contribution in [-0.4, -0.2) is 40.8 Å². The van der Waals surface area contributed by atoms with Crippen LogP contribution in [0.4, 0.5) is 11.4 Å². The fourth-order valence-electron chi connectivity index (χ4n) is 4.11. The van der Waals surface area contributed by atoms with Gasteiger partial charge in [0.25, 0.3) is 5.91 Å². The van der Waals surface area contributed by atoms with Crippen LogP contribution in [0.2, 0.25) is 0 Å². The highest BCUT2D eigenvalue weighted by Crippen LogP contribution is 2.35. The van der Waals surface area contributed by atoms with Gasteiger partial charge in [0.1, 0.15) is 11.8 Å². The van der Waals surface area contributed by atoms with Gasteiger partial charge in [-0.25, -0.2) is 4.98 Å². The first-order valence-electron chi connectivity index (χ1n) is 10.4. The molecule has 0 saturated carbocycles. The number of benzene rings is 1. The number of carbonyl (C=O) groups is 3. The molecule has 31 heavy (non-hydrogen) atoms. The van der Waals surface area contributed by atoms with Crippen LogP contribution in [0.15, 0.2) is 24.4 Å². The van der Waals surface area contributed by atoms with Gasteiger partial charge in [-0.15, -0.1) is 0 Å². The van der Waals surface area contributed by atoms with Crippen LogP contribution in [0.3, 0.4) is 0 Å². The number of hydrogen-bond acceptors (Lipinski definition) is 6. The summed E-state index contributed by atoms with van der Waals surface area (Å²) in [5, 5.41) is 14.2. The summed E-state index contributed by atoms with van der Waals surface area (Å²) in [6.45, 7) is 3.94. The molecule has 1 aromatic heterocycles. The van der Waals surface area contributed by atoms with Crippen LogP contribution in [0.25, 0.3) is 0 Å². The van der Waals surface area contributed by atoms with Gasteiger partial charge in [-0.05, 0) is 36.5 Å². The number of aromatic nitrogens is 2. The number of aromatic amines is 1. The van der Waals surface area contributed by atoms with E-state index in [1.54, 1.807) is 0 Å². The molecule has 3 amide bonds. The van der Waals surface area contributed by atoms with Gasteiger partial charge in [0.05, 0.1) is 17.6 Å². The fourth-order valence-corrected chi connectivity index (χ4v) is 4.11. The van der Waals surface area contributed by atoms with Gasteiger partial charge in [0.15, 0.2) is 5.82 Å². The number of nitriles is 1. The van der Waals surface area contributed by atoms with Crippen molar-refractivity contribution in [1.82, 2.24) is 15.3 Å². The molecule has 0 radical (unpaired) electrons. The molecule has 0 aliphatic carbocycles. The summed E-state index contributed by atoms with van der Waals surface area (Å²) >= 11 is 0. The molecular weight excluding hydrogens is 396 g/mol. The van der Waals surface area contributed by atoms with Gasteiger partial charge in [0.2, 0.25) is 11.8 Å². The lowest BCUT2D eigenvalue weighted by Crippen LogP contribution is -2.38. The van der Waals surface area contributed by atoms with Crippen molar-refractivity contribution in [3.63, 3.8) is 0 Å². The number of carbonyl (C=O) groups excluding carboxylic acids is 3. The molecule has 0 spiro atoms. The van der Waals surface area contributed by atoms with E-state index in [4.69, 9.17) is 5.26 Å². The minimum absolute atomic E-state index is 0.0633. The summed E-state index contributed by atoms with van der Waals surface area (Å²) < 4.78 is 0. The molecule has 160 valence electrons. The topological polar surface area (TPSA) is 131 Å². The van der Waals surface area contributed by atoms with Crippen LogP contribution in [0, 0.1) is 17.2 Å². The van der Waals surface area contributed by atoms with Gasteiger partial charge in [-0.3, -0.25) is 19.7 Å². The molecule has 3 heterocycles. The van der Waals surface area contributed by atoms with E-state index in [1.165, 1.54) is 6.20 Å². The van der Waals surface area contributed by atoms with Crippen LogP contribution >= 0.6 is 0 Å². The zero-order chi connectivity index (χ0) is 22.0. The Morgan fingerprint density at radius 2 is 1.94 bits per heavy atom. The molecule has 0 bridgehead atoms. The number of imide groups is 1. The molecule has 2 aromatic rings. The van der Waals surface area contributed by atoms with E-state index in [0.717, 1.165) is 37.2 Å². The molecular formula is C22H24N6O3. The van der Waals surface area contributed by atoms with Crippen LogP contribution in [0.1, 0.15) is 60.4 Å². The van der Waals surface area contributed by atoms with Crippen molar-refractivity contribution in [3.05, 3.63) is 41.5 Å². The third-order valence-electron chi connectivity index (χ3n) is 5.92. The normalized spacial score (nSPS) is 17.9. The van der Waals surface area contributed by atoms with Crippen LogP contribution in [0.5, 0.6) is 0 Å². The average Bonchev–Trinajstić information content (AvgIpc) is 3.23. The maximum absolute atomic E-state index is 12.7. The molecule has 2 aliphatic heterocycles. The highest BCUT2D eigenvalue weighted by Gasteiger charge is 2.28. The average molecular weight is 420 g/mol. The van der Waals surface area contributed by atoms with Gasteiger partial charge >= 0.3 is 0 Å². The Bertz CT molecular complexity index is 1050. The standard InChI is InChI=1S/C22H24N6O3/c1-13-4-6-28(7-5-13)18-8-14(15-9-19(29)27-20(30)10-15)2-3-17(18)26-22(31)21-24-12-16(11-23)25-21/h2-3,8,12-13,15H,4-7,9-10H2,1H3,(H,24,25)(H,26,31)(H,27,29,30). The van der Waals surface area contributed by atoms with Gasteiger partial charge in [0, 0.05) is 31.8 Å². The Hall–Kier alpha value is -3.67. The largest absolute Gasteiger partial charge is 0.370 e. The minimum atomic E-state index is -0.437. The maximum Gasteiger partial charge on any atom is 0.291 e. The fraction of sp³-hybridized carbons (Fsp3) is 0.409. The van der Waals surface area contributed by atoms with E-state index in [0.29, 0.717) is 11.6 Å². The highest BCUT2D eigenvalue weighted by atomic mass is 16.2. The second kappa shape index (κ2) is 8.60. The van der Waals surface area contributed by atoms with Crippen LogP contribution < -0.4 is 15.5 Å². The summed E-state index contributed by atoms with van der Waals surface area (Å²) in [7, 11) is 0. The Balaban J connectivity index is 1.63. The Kier molecular flexibility index (Phi) is 5.71. The number of imidazole rings is 1. The Labute approximate surface area is 179 Å². The van der Waals surface area contributed by atoms with Crippen molar-refractivity contribution in [2.75, 3.05) is 23.3 Å².